The molecule has 27 heavy (non-hydrogen) atoms. The van der Waals surface area contributed by atoms with Crippen LogP contribution in [0.2, 0.25) is 0 Å². The molecule has 0 unspecified atom stereocenters. The Hall–Kier alpha value is -3.41. The lowest BCUT2D eigenvalue weighted by atomic mass is 10.1. The molecule has 0 spiro atoms. The van der Waals surface area contributed by atoms with Crippen molar-refractivity contribution in [3.63, 3.8) is 0 Å². The fraction of sp³-hybridized carbons (Fsp3) is 0.143. The number of carbonyl (C=O) groups excluding carboxylic acids is 2. The Morgan fingerprint density at radius 2 is 1.74 bits per heavy atom. The number of benzene rings is 3. The van der Waals surface area contributed by atoms with E-state index in [1.165, 1.54) is 12.1 Å². The van der Waals surface area contributed by atoms with Crippen molar-refractivity contribution < 1.29 is 14.0 Å². The number of hydrogen-bond acceptors (Lipinski definition) is 2. The Kier molecular flexibility index (Phi) is 4.46. The largest absolute Gasteiger partial charge is 0.333 e. The summed E-state index contributed by atoms with van der Waals surface area (Å²) < 4.78 is 13.1. The fourth-order valence-corrected chi connectivity index (χ4v) is 3.35. The molecule has 1 fully saturated rings. The quantitative estimate of drug-likeness (QED) is 0.741. The lowest BCUT2D eigenvalue weighted by Crippen LogP contribution is -2.39. The van der Waals surface area contributed by atoms with Crippen LogP contribution >= 0.6 is 0 Å². The van der Waals surface area contributed by atoms with E-state index in [9.17, 15) is 14.0 Å². The molecule has 1 saturated heterocycles. The normalized spacial score (nSPS) is 16.6. The van der Waals surface area contributed by atoms with E-state index < -0.39 is 0 Å². The summed E-state index contributed by atoms with van der Waals surface area (Å²) in [4.78, 5) is 26.2. The maximum Gasteiger partial charge on any atom is 0.319 e. The van der Waals surface area contributed by atoms with Crippen molar-refractivity contribution in [1.82, 2.24) is 5.32 Å². The van der Waals surface area contributed by atoms with Crippen molar-refractivity contribution in [3.05, 3.63) is 72.5 Å². The first-order valence-corrected chi connectivity index (χ1v) is 8.71. The van der Waals surface area contributed by atoms with Crippen molar-refractivity contribution in [2.24, 2.45) is 0 Å². The summed E-state index contributed by atoms with van der Waals surface area (Å²) in [7, 11) is 0. The van der Waals surface area contributed by atoms with Gasteiger partial charge in [-0.3, -0.25) is 4.79 Å². The van der Waals surface area contributed by atoms with Crippen LogP contribution in [0.25, 0.3) is 10.8 Å². The van der Waals surface area contributed by atoms with E-state index in [4.69, 9.17) is 0 Å². The van der Waals surface area contributed by atoms with Gasteiger partial charge >= 0.3 is 6.03 Å². The monoisotopic (exact) mass is 363 g/mol. The number of rotatable bonds is 3. The third kappa shape index (κ3) is 3.60. The van der Waals surface area contributed by atoms with E-state index in [1.807, 2.05) is 42.5 Å². The molecule has 136 valence electrons. The first kappa shape index (κ1) is 17.0. The molecule has 0 aliphatic carbocycles. The Labute approximate surface area is 155 Å². The zero-order valence-corrected chi connectivity index (χ0v) is 14.5. The Balaban J connectivity index is 1.43. The van der Waals surface area contributed by atoms with E-state index in [0.29, 0.717) is 17.9 Å². The molecule has 3 aromatic carbocycles. The predicted octanol–water partition coefficient (Wildman–Crippen LogP) is 3.91. The zero-order valence-electron chi connectivity index (χ0n) is 14.5. The summed E-state index contributed by atoms with van der Waals surface area (Å²) >= 11 is 0. The standard InChI is InChI=1S/C21H18FN3O2/c22-15-8-10-17(11-9-15)25-13-16(12-20(25)26)23-21(27)24-19-7-3-5-14-4-1-2-6-18(14)19/h1-11,16H,12-13H2,(H2,23,24,27)/t16-/m1/s1. The number of urea groups is 1. The molecule has 4 rings (SSSR count). The van der Waals surface area contributed by atoms with Gasteiger partial charge in [0.1, 0.15) is 5.82 Å². The van der Waals surface area contributed by atoms with Gasteiger partial charge in [-0.15, -0.1) is 0 Å². The third-order valence-electron chi connectivity index (χ3n) is 4.64. The number of amides is 3. The second-order valence-corrected chi connectivity index (χ2v) is 6.51. The highest BCUT2D eigenvalue weighted by Crippen LogP contribution is 2.24. The highest BCUT2D eigenvalue weighted by molar-refractivity contribution is 6.02. The van der Waals surface area contributed by atoms with Gasteiger partial charge in [0.15, 0.2) is 0 Å². The smallest absolute Gasteiger partial charge is 0.319 e. The van der Waals surface area contributed by atoms with Gasteiger partial charge in [-0.2, -0.15) is 0 Å². The Bertz CT molecular complexity index is 998. The summed E-state index contributed by atoms with van der Waals surface area (Å²) in [5.74, 6) is -0.452. The average Bonchev–Trinajstić information content (AvgIpc) is 3.02. The van der Waals surface area contributed by atoms with Gasteiger partial charge in [-0.25, -0.2) is 9.18 Å². The summed E-state index contributed by atoms with van der Waals surface area (Å²) in [6, 6.07) is 18.6. The van der Waals surface area contributed by atoms with Crippen molar-refractivity contribution in [3.8, 4) is 0 Å². The van der Waals surface area contributed by atoms with Crippen LogP contribution in [0.15, 0.2) is 66.7 Å². The van der Waals surface area contributed by atoms with Crippen LogP contribution in [0.3, 0.4) is 0 Å². The molecule has 0 radical (unpaired) electrons. The molecule has 1 atom stereocenters. The third-order valence-corrected chi connectivity index (χ3v) is 4.64. The molecule has 5 nitrogen and oxygen atoms in total. The number of nitrogens with zero attached hydrogens (tertiary/aromatic N) is 1. The minimum Gasteiger partial charge on any atom is -0.333 e. The van der Waals surface area contributed by atoms with Crippen LogP contribution in [0, 0.1) is 5.82 Å². The first-order chi connectivity index (χ1) is 13.1. The van der Waals surface area contributed by atoms with Crippen molar-refractivity contribution >= 4 is 34.1 Å². The number of hydrogen-bond donors (Lipinski definition) is 2. The Morgan fingerprint density at radius 1 is 1.00 bits per heavy atom. The highest BCUT2D eigenvalue weighted by atomic mass is 19.1. The molecular formula is C21H18FN3O2. The van der Waals surface area contributed by atoms with Gasteiger partial charge in [-0.1, -0.05) is 36.4 Å². The molecule has 1 aliphatic heterocycles. The van der Waals surface area contributed by atoms with Crippen LogP contribution < -0.4 is 15.5 Å². The number of carbonyl (C=O) groups is 2. The summed E-state index contributed by atoms with van der Waals surface area (Å²) in [5.41, 5.74) is 1.34. The van der Waals surface area contributed by atoms with Gasteiger partial charge in [0.25, 0.3) is 0 Å². The van der Waals surface area contributed by atoms with Gasteiger partial charge in [0, 0.05) is 24.0 Å². The summed E-state index contributed by atoms with van der Waals surface area (Å²) in [6.07, 6.45) is 0.209. The average molecular weight is 363 g/mol. The molecular weight excluding hydrogens is 345 g/mol. The molecule has 0 bridgehead atoms. The maximum atomic E-state index is 13.1. The SMILES string of the molecule is O=C(Nc1cccc2ccccc12)N[C@@H]1CC(=O)N(c2ccc(F)cc2)C1. The number of fused-ring (bicyclic) bond motifs is 1. The van der Waals surface area contributed by atoms with E-state index in [0.717, 1.165) is 10.8 Å². The van der Waals surface area contributed by atoms with E-state index in [2.05, 4.69) is 10.6 Å². The van der Waals surface area contributed by atoms with Gasteiger partial charge in [0.2, 0.25) is 5.91 Å². The molecule has 1 aliphatic rings. The molecule has 0 aromatic heterocycles. The second-order valence-electron chi connectivity index (χ2n) is 6.51. The zero-order chi connectivity index (χ0) is 18.8. The number of nitrogens with one attached hydrogen (secondary N) is 2. The summed E-state index contributed by atoms with van der Waals surface area (Å²) in [6.45, 7) is 0.355. The van der Waals surface area contributed by atoms with Crippen LogP contribution in [0.5, 0.6) is 0 Å². The van der Waals surface area contributed by atoms with Crippen molar-refractivity contribution in [2.45, 2.75) is 12.5 Å². The van der Waals surface area contributed by atoms with Crippen LogP contribution in [-0.2, 0) is 4.79 Å². The highest BCUT2D eigenvalue weighted by Gasteiger charge is 2.31. The van der Waals surface area contributed by atoms with E-state index >= 15 is 0 Å². The predicted molar refractivity (Wildman–Crippen MR) is 103 cm³/mol. The molecule has 2 N–H and O–H groups in total. The molecule has 3 amide bonds. The minimum atomic E-state index is -0.356. The molecule has 3 aromatic rings. The Morgan fingerprint density at radius 3 is 2.56 bits per heavy atom. The van der Waals surface area contributed by atoms with E-state index in [1.54, 1.807) is 17.0 Å². The van der Waals surface area contributed by atoms with Crippen molar-refractivity contribution in [1.29, 1.82) is 0 Å². The lowest BCUT2D eigenvalue weighted by molar-refractivity contribution is -0.117. The van der Waals surface area contributed by atoms with Gasteiger partial charge < -0.3 is 15.5 Å². The fourth-order valence-electron chi connectivity index (χ4n) is 3.35. The molecule has 0 saturated carbocycles. The molecule has 6 heteroatoms. The van der Waals surface area contributed by atoms with Crippen molar-refractivity contribution in [2.75, 3.05) is 16.8 Å². The number of halogens is 1. The topological polar surface area (TPSA) is 61.4 Å². The van der Waals surface area contributed by atoms with Crippen LogP contribution in [0.1, 0.15) is 6.42 Å². The first-order valence-electron chi connectivity index (χ1n) is 8.71. The van der Waals surface area contributed by atoms with E-state index in [-0.39, 0.29) is 30.2 Å². The number of anilines is 2. The van der Waals surface area contributed by atoms with Crippen LogP contribution in [0.4, 0.5) is 20.6 Å². The summed E-state index contributed by atoms with van der Waals surface area (Å²) in [5, 5.41) is 7.69. The minimum absolute atomic E-state index is 0.0999. The maximum absolute atomic E-state index is 13.1. The van der Waals surface area contributed by atoms with Gasteiger partial charge in [-0.05, 0) is 35.7 Å². The van der Waals surface area contributed by atoms with Crippen LogP contribution in [-0.4, -0.2) is 24.5 Å². The van der Waals surface area contributed by atoms with Gasteiger partial charge in [0.05, 0.1) is 11.7 Å². The second kappa shape index (κ2) is 7.07. The molecule has 1 heterocycles. The lowest BCUT2D eigenvalue weighted by Gasteiger charge is -2.17.